The van der Waals surface area contributed by atoms with Gasteiger partial charge in [0.2, 0.25) is 0 Å². The molecule has 0 aromatic rings. The van der Waals surface area contributed by atoms with Gasteiger partial charge in [-0.15, -0.1) is 0 Å². The topological polar surface area (TPSA) is 52.5 Å². The molecule has 62 valence electrons. The first-order valence-electron chi connectivity index (χ1n) is 3.77. The Hall–Kier alpha value is -0.120. The standard InChI is InChI=1S/C5H11NO.C2H6O/c7-4-5-1-2-6-3-5;1-2-3/h5-7H,1-4H2;3H,2H2,1H3. The Kier molecular flexibility index (Phi) is 6.91. The quantitative estimate of drug-likeness (QED) is 0.472. The van der Waals surface area contributed by atoms with Crippen LogP contribution in [0.1, 0.15) is 13.3 Å². The zero-order chi connectivity index (χ0) is 7.82. The summed E-state index contributed by atoms with van der Waals surface area (Å²) < 4.78 is 0. The molecular formula is C7H17NO2. The van der Waals surface area contributed by atoms with Crippen LogP contribution in [0, 0.1) is 5.92 Å². The molecule has 0 bridgehead atoms. The van der Waals surface area contributed by atoms with Crippen molar-refractivity contribution in [2.24, 2.45) is 5.92 Å². The zero-order valence-corrected chi connectivity index (χ0v) is 6.51. The molecule has 0 saturated carbocycles. The molecule has 1 rings (SSSR count). The molecule has 0 amide bonds. The van der Waals surface area contributed by atoms with Gasteiger partial charge >= 0.3 is 0 Å². The summed E-state index contributed by atoms with van der Waals surface area (Å²) in [6, 6.07) is 0. The van der Waals surface area contributed by atoms with Crippen LogP contribution in [0.5, 0.6) is 0 Å². The van der Waals surface area contributed by atoms with Crippen LogP contribution >= 0.6 is 0 Å². The molecule has 0 aromatic heterocycles. The first-order valence-corrected chi connectivity index (χ1v) is 3.77. The van der Waals surface area contributed by atoms with Crippen LogP contribution in [0.2, 0.25) is 0 Å². The highest BCUT2D eigenvalue weighted by molar-refractivity contribution is 4.68. The number of hydrogen-bond acceptors (Lipinski definition) is 3. The van der Waals surface area contributed by atoms with Gasteiger partial charge in [-0.1, -0.05) is 0 Å². The summed E-state index contributed by atoms with van der Waals surface area (Å²) in [5, 5.41) is 19.3. The highest BCUT2D eigenvalue weighted by Crippen LogP contribution is 2.03. The summed E-state index contributed by atoms with van der Waals surface area (Å²) in [6.07, 6.45) is 1.15. The van der Waals surface area contributed by atoms with Gasteiger partial charge in [-0.2, -0.15) is 0 Å². The highest BCUT2D eigenvalue weighted by Gasteiger charge is 2.11. The normalized spacial score (nSPS) is 23.7. The van der Waals surface area contributed by atoms with Crippen molar-refractivity contribution in [2.45, 2.75) is 13.3 Å². The summed E-state index contributed by atoms with van der Waals surface area (Å²) in [6.45, 7) is 4.38. The Labute approximate surface area is 62.1 Å². The number of rotatable bonds is 1. The van der Waals surface area contributed by atoms with Crippen LogP contribution in [0.25, 0.3) is 0 Å². The molecule has 3 nitrogen and oxygen atoms in total. The Morgan fingerprint density at radius 2 is 2.10 bits per heavy atom. The third-order valence-corrected chi connectivity index (χ3v) is 1.42. The second kappa shape index (κ2) is 6.99. The number of aliphatic hydroxyl groups is 2. The van der Waals surface area contributed by atoms with E-state index >= 15 is 0 Å². The van der Waals surface area contributed by atoms with Crippen molar-refractivity contribution in [3.8, 4) is 0 Å². The van der Waals surface area contributed by atoms with Gasteiger partial charge in [-0.3, -0.25) is 0 Å². The predicted octanol–water partition coefficient (Wildman–Crippen LogP) is -0.413. The van der Waals surface area contributed by atoms with Gasteiger partial charge in [-0.05, 0) is 25.8 Å². The zero-order valence-electron chi connectivity index (χ0n) is 6.51. The van der Waals surface area contributed by atoms with Crippen molar-refractivity contribution in [2.75, 3.05) is 26.3 Å². The largest absolute Gasteiger partial charge is 0.397 e. The summed E-state index contributed by atoms with van der Waals surface area (Å²) >= 11 is 0. The molecule has 10 heavy (non-hydrogen) atoms. The molecule has 1 unspecified atom stereocenters. The predicted molar refractivity (Wildman–Crippen MR) is 40.8 cm³/mol. The maximum atomic E-state index is 8.53. The number of aliphatic hydroxyl groups excluding tert-OH is 2. The minimum atomic E-state index is 0.250. The molecule has 1 saturated heterocycles. The van der Waals surface area contributed by atoms with Gasteiger partial charge in [0.1, 0.15) is 0 Å². The average molecular weight is 147 g/mol. The monoisotopic (exact) mass is 147 g/mol. The highest BCUT2D eigenvalue weighted by atomic mass is 16.3. The first-order chi connectivity index (χ1) is 4.85. The van der Waals surface area contributed by atoms with E-state index in [4.69, 9.17) is 10.2 Å². The number of hydrogen-bond donors (Lipinski definition) is 3. The molecule has 0 radical (unpaired) electrons. The summed E-state index contributed by atoms with van der Waals surface area (Å²) in [5.41, 5.74) is 0. The molecule has 3 N–H and O–H groups in total. The molecule has 0 aliphatic carbocycles. The molecule has 1 aliphatic rings. The Balaban J connectivity index is 0.000000236. The van der Waals surface area contributed by atoms with Gasteiger partial charge in [-0.25, -0.2) is 0 Å². The van der Waals surface area contributed by atoms with Crippen LogP contribution in [-0.2, 0) is 0 Å². The maximum absolute atomic E-state index is 8.53. The molecular weight excluding hydrogens is 130 g/mol. The average Bonchev–Trinajstić information content (AvgIpc) is 2.39. The second-order valence-electron chi connectivity index (χ2n) is 2.36. The van der Waals surface area contributed by atoms with Crippen LogP contribution in [-0.4, -0.2) is 36.5 Å². The number of nitrogens with one attached hydrogen (secondary N) is 1. The third kappa shape index (κ3) is 4.73. The van der Waals surface area contributed by atoms with Crippen LogP contribution in [0.4, 0.5) is 0 Å². The van der Waals surface area contributed by atoms with E-state index in [2.05, 4.69) is 5.32 Å². The Bertz CT molecular complexity index is 62.6. The van der Waals surface area contributed by atoms with Crippen molar-refractivity contribution < 1.29 is 10.2 Å². The van der Waals surface area contributed by atoms with Crippen LogP contribution < -0.4 is 5.32 Å². The van der Waals surface area contributed by atoms with Crippen LogP contribution in [0.15, 0.2) is 0 Å². The molecule has 0 spiro atoms. The van der Waals surface area contributed by atoms with Crippen molar-refractivity contribution >= 4 is 0 Å². The van der Waals surface area contributed by atoms with Gasteiger partial charge in [0, 0.05) is 19.8 Å². The van der Waals surface area contributed by atoms with E-state index < -0.39 is 0 Å². The second-order valence-corrected chi connectivity index (χ2v) is 2.36. The van der Waals surface area contributed by atoms with E-state index in [9.17, 15) is 0 Å². The lowest BCUT2D eigenvalue weighted by Crippen LogP contribution is -2.11. The van der Waals surface area contributed by atoms with E-state index in [1.54, 1.807) is 6.92 Å². The summed E-state index contributed by atoms with van der Waals surface area (Å²) in [5.74, 6) is 0.542. The molecule has 0 aromatic carbocycles. The maximum Gasteiger partial charge on any atom is 0.0471 e. The van der Waals surface area contributed by atoms with Gasteiger partial charge < -0.3 is 15.5 Å². The van der Waals surface area contributed by atoms with E-state index in [-0.39, 0.29) is 6.61 Å². The van der Waals surface area contributed by atoms with E-state index in [1.807, 2.05) is 0 Å². The summed E-state index contributed by atoms with van der Waals surface area (Å²) in [7, 11) is 0. The van der Waals surface area contributed by atoms with Crippen molar-refractivity contribution in [1.29, 1.82) is 0 Å². The lowest BCUT2D eigenvalue weighted by Gasteiger charge is -1.98. The third-order valence-electron chi connectivity index (χ3n) is 1.42. The molecule has 1 atom stereocenters. The molecule has 1 heterocycles. The fraction of sp³-hybridized carbons (Fsp3) is 1.00. The molecule has 3 heteroatoms. The van der Waals surface area contributed by atoms with Gasteiger partial charge in [0.25, 0.3) is 0 Å². The first kappa shape index (κ1) is 9.88. The summed E-state index contributed by atoms with van der Waals surface area (Å²) in [4.78, 5) is 0. The fourth-order valence-electron chi connectivity index (χ4n) is 0.870. The SMILES string of the molecule is CCO.OCC1CCNC1. The smallest absolute Gasteiger partial charge is 0.0471 e. The Morgan fingerprint density at radius 3 is 2.30 bits per heavy atom. The van der Waals surface area contributed by atoms with Crippen LogP contribution in [0.3, 0.4) is 0 Å². The van der Waals surface area contributed by atoms with Crippen molar-refractivity contribution in [3.63, 3.8) is 0 Å². The van der Waals surface area contributed by atoms with E-state index in [0.29, 0.717) is 12.5 Å². The molecule has 1 aliphatic heterocycles. The minimum absolute atomic E-state index is 0.250. The fourth-order valence-corrected chi connectivity index (χ4v) is 0.870. The van der Waals surface area contributed by atoms with Crippen molar-refractivity contribution in [1.82, 2.24) is 5.32 Å². The van der Waals surface area contributed by atoms with E-state index in [0.717, 1.165) is 19.5 Å². The minimum Gasteiger partial charge on any atom is -0.397 e. The van der Waals surface area contributed by atoms with Gasteiger partial charge in [0.05, 0.1) is 0 Å². The van der Waals surface area contributed by atoms with Gasteiger partial charge in [0.15, 0.2) is 0 Å². The molecule has 1 fully saturated rings. The lowest BCUT2D eigenvalue weighted by atomic mass is 10.1. The van der Waals surface area contributed by atoms with Crippen molar-refractivity contribution in [3.05, 3.63) is 0 Å². The Morgan fingerprint density at radius 1 is 1.50 bits per heavy atom. The van der Waals surface area contributed by atoms with E-state index in [1.165, 1.54) is 0 Å². The lowest BCUT2D eigenvalue weighted by molar-refractivity contribution is 0.237.